The number of hydrogen-bond donors (Lipinski definition) is 0. The number of carbonyl (C=O) groups is 1. The van der Waals surface area contributed by atoms with Gasteiger partial charge in [0, 0.05) is 13.1 Å². The number of carbonyl (C=O) groups excluding carboxylic acids is 1. The highest BCUT2D eigenvalue weighted by Crippen LogP contribution is 2.18. The van der Waals surface area contributed by atoms with Gasteiger partial charge in [0.05, 0.1) is 0 Å². The van der Waals surface area contributed by atoms with Gasteiger partial charge in [-0.25, -0.2) is 0 Å². The molecule has 1 aromatic carbocycles. The minimum atomic E-state index is 0.0289. The van der Waals surface area contributed by atoms with Gasteiger partial charge in [-0.2, -0.15) is 0 Å². The van der Waals surface area contributed by atoms with Gasteiger partial charge in [-0.15, -0.1) is 11.6 Å². The molecule has 1 amide bonds. The van der Waals surface area contributed by atoms with Gasteiger partial charge in [0.2, 0.25) is 5.91 Å². The van der Waals surface area contributed by atoms with E-state index in [0.717, 1.165) is 13.0 Å². The molecule has 0 spiro atoms. The number of amides is 1. The minimum Gasteiger partial charge on any atom is -0.337 e. The maximum atomic E-state index is 11.4. The third-order valence-corrected chi connectivity index (χ3v) is 2.83. The van der Waals surface area contributed by atoms with E-state index in [1.54, 1.807) is 0 Å². The number of rotatable bonds is 1. The number of halogens is 1. The van der Waals surface area contributed by atoms with Gasteiger partial charge in [-0.05, 0) is 17.5 Å². The van der Waals surface area contributed by atoms with Crippen molar-refractivity contribution in [3.8, 4) is 0 Å². The lowest BCUT2D eigenvalue weighted by atomic mass is 10.00. The van der Waals surface area contributed by atoms with Crippen molar-refractivity contribution >= 4 is 17.5 Å². The zero-order valence-electron chi connectivity index (χ0n) is 7.87. The molecule has 0 aromatic heterocycles. The number of benzene rings is 1. The average Bonchev–Trinajstić information content (AvgIpc) is 2.27. The van der Waals surface area contributed by atoms with Crippen LogP contribution in [0.15, 0.2) is 24.3 Å². The smallest absolute Gasteiger partial charge is 0.237 e. The summed E-state index contributed by atoms with van der Waals surface area (Å²) in [5.41, 5.74) is 2.60. The lowest BCUT2D eigenvalue weighted by Crippen LogP contribution is -2.36. The fraction of sp³-hybridized carbons (Fsp3) is 0.364. The quantitative estimate of drug-likeness (QED) is 0.646. The van der Waals surface area contributed by atoms with Crippen molar-refractivity contribution in [3.63, 3.8) is 0 Å². The van der Waals surface area contributed by atoms with Gasteiger partial charge in [0.15, 0.2) is 0 Å². The van der Waals surface area contributed by atoms with Crippen molar-refractivity contribution in [1.29, 1.82) is 0 Å². The molecule has 0 unspecified atom stereocenters. The summed E-state index contributed by atoms with van der Waals surface area (Å²) in [4.78, 5) is 13.2. The van der Waals surface area contributed by atoms with Crippen LogP contribution >= 0.6 is 11.6 Å². The second-order valence-electron chi connectivity index (χ2n) is 3.47. The average molecular weight is 210 g/mol. The molecule has 0 N–H and O–H groups in total. The van der Waals surface area contributed by atoms with Crippen LogP contribution in [0.3, 0.4) is 0 Å². The van der Waals surface area contributed by atoms with Crippen LogP contribution < -0.4 is 0 Å². The normalized spacial score (nSPS) is 15.1. The number of fused-ring (bicyclic) bond motifs is 1. The Hall–Kier alpha value is -1.02. The van der Waals surface area contributed by atoms with Crippen molar-refractivity contribution in [2.45, 2.75) is 13.0 Å². The zero-order valence-corrected chi connectivity index (χ0v) is 8.63. The number of nitrogens with zero attached hydrogens (tertiary/aromatic N) is 1. The molecule has 0 saturated carbocycles. The van der Waals surface area contributed by atoms with Crippen molar-refractivity contribution in [1.82, 2.24) is 4.90 Å². The highest BCUT2D eigenvalue weighted by atomic mass is 35.5. The molecule has 14 heavy (non-hydrogen) atoms. The third-order valence-electron chi connectivity index (χ3n) is 2.60. The van der Waals surface area contributed by atoms with Crippen LogP contribution in [0.2, 0.25) is 0 Å². The second-order valence-corrected chi connectivity index (χ2v) is 3.73. The molecule has 2 rings (SSSR count). The molecule has 1 aliphatic heterocycles. The Kier molecular flexibility index (Phi) is 2.73. The summed E-state index contributed by atoms with van der Waals surface area (Å²) >= 11 is 5.52. The van der Waals surface area contributed by atoms with Crippen LogP contribution in [-0.2, 0) is 17.8 Å². The number of hydrogen-bond acceptors (Lipinski definition) is 1. The standard InChI is InChI=1S/C11H12ClNO/c12-7-11(14)13-6-5-9-3-1-2-4-10(9)8-13/h1-4H,5-8H2. The van der Waals surface area contributed by atoms with E-state index in [1.807, 2.05) is 17.0 Å². The van der Waals surface area contributed by atoms with Gasteiger partial charge >= 0.3 is 0 Å². The van der Waals surface area contributed by atoms with Crippen LogP contribution in [0.4, 0.5) is 0 Å². The Balaban J connectivity index is 2.17. The summed E-state index contributed by atoms with van der Waals surface area (Å²) in [5, 5.41) is 0. The lowest BCUT2D eigenvalue weighted by Gasteiger charge is -2.28. The monoisotopic (exact) mass is 209 g/mol. The molecule has 0 atom stereocenters. The van der Waals surface area contributed by atoms with Gasteiger partial charge in [0.1, 0.15) is 5.88 Å². The molecular formula is C11H12ClNO. The molecule has 1 aliphatic rings. The molecule has 3 heteroatoms. The molecular weight excluding hydrogens is 198 g/mol. The first-order valence-corrected chi connectivity index (χ1v) is 5.25. The molecule has 0 aliphatic carbocycles. The first-order chi connectivity index (χ1) is 6.81. The molecule has 1 heterocycles. The highest BCUT2D eigenvalue weighted by Gasteiger charge is 2.18. The van der Waals surface area contributed by atoms with Gasteiger partial charge in [0.25, 0.3) is 0 Å². The van der Waals surface area contributed by atoms with E-state index in [9.17, 15) is 4.79 Å². The SMILES string of the molecule is O=C(CCl)N1CCc2ccccc2C1. The van der Waals surface area contributed by atoms with Crippen LogP contribution in [0, 0.1) is 0 Å². The van der Waals surface area contributed by atoms with Crippen molar-refractivity contribution in [3.05, 3.63) is 35.4 Å². The topological polar surface area (TPSA) is 20.3 Å². The van der Waals surface area contributed by atoms with E-state index in [-0.39, 0.29) is 11.8 Å². The summed E-state index contributed by atoms with van der Waals surface area (Å²) in [7, 11) is 0. The lowest BCUT2D eigenvalue weighted by molar-refractivity contribution is -0.129. The molecule has 2 nitrogen and oxygen atoms in total. The molecule has 74 valence electrons. The van der Waals surface area contributed by atoms with Crippen LogP contribution in [0.5, 0.6) is 0 Å². The third kappa shape index (κ3) is 1.75. The van der Waals surface area contributed by atoms with Gasteiger partial charge < -0.3 is 4.90 Å². The summed E-state index contributed by atoms with van der Waals surface area (Å²) in [5.74, 6) is 0.114. The van der Waals surface area contributed by atoms with E-state index in [4.69, 9.17) is 11.6 Å². The zero-order chi connectivity index (χ0) is 9.97. The largest absolute Gasteiger partial charge is 0.337 e. The predicted octanol–water partition coefficient (Wildman–Crippen LogP) is 1.81. The minimum absolute atomic E-state index is 0.0289. The van der Waals surface area contributed by atoms with Gasteiger partial charge in [-0.3, -0.25) is 4.79 Å². The van der Waals surface area contributed by atoms with E-state index >= 15 is 0 Å². The van der Waals surface area contributed by atoms with Crippen molar-refractivity contribution in [2.24, 2.45) is 0 Å². The fourth-order valence-electron chi connectivity index (χ4n) is 1.79. The van der Waals surface area contributed by atoms with E-state index in [2.05, 4.69) is 12.1 Å². The second kappa shape index (κ2) is 4.01. The summed E-state index contributed by atoms with van der Waals surface area (Å²) < 4.78 is 0. The molecule has 1 aromatic rings. The van der Waals surface area contributed by atoms with Crippen LogP contribution in [0.1, 0.15) is 11.1 Å². The summed E-state index contributed by atoms with van der Waals surface area (Å²) in [6, 6.07) is 8.24. The Morgan fingerprint density at radius 2 is 2.07 bits per heavy atom. The maximum Gasteiger partial charge on any atom is 0.237 e. The summed E-state index contributed by atoms with van der Waals surface area (Å²) in [6.07, 6.45) is 0.943. The first kappa shape index (κ1) is 9.53. The maximum absolute atomic E-state index is 11.4. The predicted molar refractivity (Wildman–Crippen MR) is 56.3 cm³/mol. The molecule has 0 radical (unpaired) electrons. The molecule has 0 bridgehead atoms. The highest BCUT2D eigenvalue weighted by molar-refractivity contribution is 6.27. The Labute approximate surface area is 88.5 Å². The van der Waals surface area contributed by atoms with Crippen LogP contribution in [-0.4, -0.2) is 23.2 Å². The molecule has 0 fully saturated rings. The van der Waals surface area contributed by atoms with Crippen molar-refractivity contribution in [2.75, 3.05) is 12.4 Å². The first-order valence-electron chi connectivity index (χ1n) is 4.72. The van der Waals surface area contributed by atoms with E-state index < -0.39 is 0 Å². The van der Waals surface area contributed by atoms with E-state index in [0.29, 0.717) is 6.54 Å². The van der Waals surface area contributed by atoms with E-state index in [1.165, 1.54) is 11.1 Å². The fourth-order valence-corrected chi connectivity index (χ4v) is 1.96. The number of alkyl halides is 1. The van der Waals surface area contributed by atoms with Crippen LogP contribution in [0.25, 0.3) is 0 Å². The van der Waals surface area contributed by atoms with Gasteiger partial charge in [-0.1, -0.05) is 24.3 Å². The Morgan fingerprint density at radius 1 is 1.36 bits per heavy atom. The Bertz CT molecular complexity index is 351. The Morgan fingerprint density at radius 3 is 2.79 bits per heavy atom. The van der Waals surface area contributed by atoms with Crippen molar-refractivity contribution < 1.29 is 4.79 Å². The summed E-state index contributed by atoms with van der Waals surface area (Å²) in [6.45, 7) is 1.50. The molecule has 0 saturated heterocycles.